The second kappa shape index (κ2) is 5.15. The van der Waals surface area contributed by atoms with Crippen molar-refractivity contribution >= 4 is 11.5 Å². The van der Waals surface area contributed by atoms with Gasteiger partial charge >= 0.3 is 0 Å². The third kappa shape index (κ3) is 2.74. The first-order chi connectivity index (χ1) is 8.20. The van der Waals surface area contributed by atoms with Crippen molar-refractivity contribution < 1.29 is 9.90 Å². The van der Waals surface area contributed by atoms with E-state index in [0.717, 1.165) is 31.6 Å². The molecule has 0 unspecified atom stereocenters. The molecule has 0 bridgehead atoms. The molecule has 1 aliphatic rings. The maximum Gasteiger partial charge on any atom is 0.185 e. The number of aliphatic hydroxyl groups is 1. The second-order valence-electron chi connectivity index (χ2n) is 4.33. The molecule has 3 heteroatoms. The Balaban J connectivity index is 2.07. The van der Waals surface area contributed by atoms with Crippen molar-refractivity contribution in [3.8, 4) is 0 Å². The molecule has 0 radical (unpaired) electrons. The van der Waals surface area contributed by atoms with Crippen molar-refractivity contribution in [1.82, 2.24) is 0 Å². The van der Waals surface area contributed by atoms with E-state index in [4.69, 9.17) is 0 Å². The molecule has 0 aromatic heterocycles. The standard InChI is InChI=1S/C14H17NO2/c1-2-14(17)11-3-5-12(6-4-11)15-9-7-13(16)8-10-15/h2-6,13,16H,1,7-10H2. The number of aliphatic hydroxyl groups excluding tert-OH is 1. The quantitative estimate of drug-likeness (QED) is 0.639. The fraction of sp³-hybridized carbons (Fsp3) is 0.357. The van der Waals surface area contributed by atoms with Gasteiger partial charge in [0, 0.05) is 24.3 Å². The molecule has 1 saturated heterocycles. The molecule has 90 valence electrons. The van der Waals surface area contributed by atoms with Crippen LogP contribution in [0.2, 0.25) is 0 Å². The summed E-state index contributed by atoms with van der Waals surface area (Å²) < 4.78 is 0. The molecule has 0 atom stereocenters. The van der Waals surface area contributed by atoms with Crippen molar-refractivity contribution in [3.05, 3.63) is 42.5 Å². The summed E-state index contributed by atoms with van der Waals surface area (Å²) in [4.78, 5) is 13.6. The van der Waals surface area contributed by atoms with Gasteiger partial charge in [-0.05, 0) is 43.2 Å². The Kier molecular flexibility index (Phi) is 3.59. The minimum absolute atomic E-state index is 0.0504. The minimum atomic E-state index is -0.159. The van der Waals surface area contributed by atoms with E-state index in [9.17, 15) is 9.90 Å². The Bertz CT molecular complexity index is 403. The monoisotopic (exact) mass is 231 g/mol. The lowest BCUT2D eigenvalue weighted by atomic mass is 10.1. The second-order valence-corrected chi connectivity index (χ2v) is 4.33. The van der Waals surface area contributed by atoms with Gasteiger partial charge in [0.25, 0.3) is 0 Å². The van der Waals surface area contributed by atoms with Crippen molar-refractivity contribution in [1.29, 1.82) is 0 Å². The molecule has 2 rings (SSSR count). The average molecular weight is 231 g/mol. The molecule has 1 aliphatic heterocycles. The van der Waals surface area contributed by atoms with E-state index in [-0.39, 0.29) is 11.9 Å². The van der Waals surface area contributed by atoms with Crippen molar-refractivity contribution in [2.45, 2.75) is 18.9 Å². The molecule has 0 spiro atoms. The van der Waals surface area contributed by atoms with Gasteiger partial charge in [-0.25, -0.2) is 0 Å². The van der Waals surface area contributed by atoms with E-state index >= 15 is 0 Å². The maximum atomic E-state index is 11.4. The number of allylic oxidation sites excluding steroid dienone is 1. The van der Waals surface area contributed by atoms with E-state index in [1.54, 1.807) is 0 Å². The van der Waals surface area contributed by atoms with Crippen LogP contribution >= 0.6 is 0 Å². The number of nitrogens with zero attached hydrogens (tertiary/aromatic N) is 1. The van der Waals surface area contributed by atoms with E-state index in [2.05, 4.69) is 11.5 Å². The first-order valence-electron chi connectivity index (χ1n) is 5.90. The molecule has 1 aromatic carbocycles. The van der Waals surface area contributed by atoms with Gasteiger partial charge in [0.15, 0.2) is 5.78 Å². The third-order valence-corrected chi connectivity index (χ3v) is 3.17. The Labute approximate surface area is 101 Å². The number of carbonyl (C=O) groups is 1. The summed E-state index contributed by atoms with van der Waals surface area (Å²) in [5.74, 6) is -0.0504. The molecule has 1 heterocycles. The van der Waals surface area contributed by atoms with Gasteiger partial charge in [0.1, 0.15) is 0 Å². The molecule has 3 nitrogen and oxygen atoms in total. The van der Waals surface area contributed by atoms with Gasteiger partial charge in [-0.15, -0.1) is 0 Å². The lowest BCUT2D eigenvalue weighted by Gasteiger charge is -2.31. The van der Waals surface area contributed by atoms with Gasteiger partial charge in [-0.3, -0.25) is 4.79 Å². The van der Waals surface area contributed by atoms with Crippen LogP contribution in [0.3, 0.4) is 0 Å². The number of ketones is 1. The summed E-state index contributed by atoms with van der Waals surface area (Å²) in [6, 6.07) is 7.55. The van der Waals surface area contributed by atoms with Crippen molar-refractivity contribution in [2.24, 2.45) is 0 Å². The highest BCUT2D eigenvalue weighted by atomic mass is 16.3. The van der Waals surface area contributed by atoms with E-state index in [1.807, 2.05) is 24.3 Å². The molecule has 0 saturated carbocycles. The molecular formula is C14H17NO2. The molecule has 0 aliphatic carbocycles. The number of benzene rings is 1. The molecule has 1 fully saturated rings. The summed E-state index contributed by atoms with van der Waals surface area (Å²) in [7, 11) is 0. The molecule has 0 amide bonds. The van der Waals surface area contributed by atoms with Crippen LogP contribution in [0.25, 0.3) is 0 Å². The summed E-state index contributed by atoms with van der Waals surface area (Å²) in [5, 5.41) is 9.44. The van der Waals surface area contributed by atoms with Crippen LogP contribution in [0.15, 0.2) is 36.9 Å². The van der Waals surface area contributed by atoms with Crippen LogP contribution in [-0.2, 0) is 0 Å². The van der Waals surface area contributed by atoms with Gasteiger partial charge < -0.3 is 10.0 Å². The van der Waals surface area contributed by atoms with Gasteiger partial charge in [0.05, 0.1) is 6.10 Å². The average Bonchev–Trinajstić information content (AvgIpc) is 2.39. The predicted octanol–water partition coefficient (Wildman–Crippen LogP) is 2.02. The van der Waals surface area contributed by atoms with Gasteiger partial charge in [0.2, 0.25) is 0 Å². The zero-order valence-electron chi connectivity index (χ0n) is 9.80. The lowest BCUT2D eigenvalue weighted by Crippen LogP contribution is -2.35. The summed E-state index contributed by atoms with van der Waals surface area (Å²) in [6.07, 6.45) is 2.79. The number of rotatable bonds is 3. The Morgan fingerprint density at radius 3 is 2.41 bits per heavy atom. The molecule has 1 aromatic rings. The Morgan fingerprint density at radius 1 is 1.29 bits per heavy atom. The number of hydrogen-bond acceptors (Lipinski definition) is 3. The van der Waals surface area contributed by atoms with E-state index in [0.29, 0.717) is 5.56 Å². The predicted molar refractivity (Wildman–Crippen MR) is 68.4 cm³/mol. The van der Waals surface area contributed by atoms with Crippen LogP contribution in [0.1, 0.15) is 23.2 Å². The topological polar surface area (TPSA) is 40.5 Å². The minimum Gasteiger partial charge on any atom is -0.393 e. The third-order valence-electron chi connectivity index (χ3n) is 3.17. The van der Waals surface area contributed by atoms with Crippen LogP contribution in [0.4, 0.5) is 5.69 Å². The normalized spacial score (nSPS) is 16.9. The number of anilines is 1. The van der Waals surface area contributed by atoms with Crippen LogP contribution in [-0.4, -0.2) is 30.1 Å². The zero-order valence-corrected chi connectivity index (χ0v) is 9.80. The Hall–Kier alpha value is -1.61. The van der Waals surface area contributed by atoms with Crippen LogP contribution < -0.4 is 4.90 Å². The SMILES string of the molecule is C=CC(=O)c1ccc(N2CCC(O)CC2)cc1. The maximum absolute atomic E-state index is 11.4. The number of hydrogen-bond donors (Lipinski definition) is 1. The highest BCUT2D eigenvalue weighted by Crippen LogP contribution is 2.20. The van der Waals surface area contributed by atoms with Crippen LogP contribution in [0.5, 0.6) is 0 Å². The summed E-state index contributed by atoms with van der Waals surface area (Å²) in [6.45, 7) is 5.21. The number of carbonyl (C=O) groups excluding carboxylic acids is 1. The van der Waals surface area contributed by atoms with E-state index < -0.39 is 0 Å². The summed E-state index contributed by atoms with van der Waals surface area (Å²) in [5.41, 5.74) is 1.78. The van der Waals surface area contributed by atoms with Crippen molar-refractivity contribution in [3.63, 3.8) is 0 Å². The van der Waals surface area contributed by atoms with Gasteiger partial charge in [-0.1, -0.05) is 6.58 Å². The van der Waals surface area contributed by atoms with Crippen LogP contribution in [0, 0.1) is 0 Å². The first kappa shape index (κ1) is 11.9. The zero-order chi connectivity index (χ0) is 12.3. The molecule has 1 N–H and O–H groups in total. The Morgan fingerprint density at radius 2 is 1.88 bits per heavy atom. The number of piperidine rings is 1. The highest BCUT2D eigenvalue weighted by molar-refractivity contribution is 6.04. The largest absolute Gasteiger partial charge is 0.393 e. The first-order valence-corrected chi connectivity index (χ1v) is 5.90. The lowest BCUT2D eigenvalue weighted by molar-refractivity contribution is 0.104. The fourth-order valence-electron chi connectivity index (χ4n) is 2.08. The van der Waals surface area contributed by atoms with Gasteiger partial charge in [-0.2, -0.15) is 0 Å². The molecule has 17 heavy (non-hydrogen) atoms. The molecular weight excluding hydrogens is 214 g/mol. The summed E-state index contributed by atoms with van der Waals surface area (Å²) >= 11 is 0. The van der Waals surface area contributed by atoms with Crippen molar-refractivity contribution in [2.75, 3.05) is 18.0 Å². The smallest absolute Gasteiger partial charge is 0.185 e. The fourth-order valence-corrected chi connectivity index (χ4v) is 2.08. The highest BCUT2D eigenvalue weighted by Gasteiger charge is 2.17. The van der Waals surface area contributed by atoms with E-state index in [1.165, 1.54) is 6.08 Å².